The summed E-state index contributed by atoms with van der Waals surface area (Å²) in [7, 11) is -3.74. The van der Waals surface area contributed by atoms with Crippen LogP contribution in [0.5, 0.6) is 5.75 Å². The number of anilines is 1. The maximum atomic E-state index is 12.5. The maximum absolute atomic E-state index is 12.5. The number of halogens is 1. The van der Waals surface area contributed by atoms with E-state index in [1.165, 1.54) is 30.3 Å². The third kappa shape index (κ3) is 5.75. The molecule has 0 heterocycles. The smallest absolute Gasteiger partial charge is 0.261 e. The average Bonchev–Trinajstić information content (AvgIpc) is 2.73. The Morgan fingerprint density at radius 2 is 1.63 bits per heavy atom. The first-order valence-electron chi connectivity index (χ1n) is 9.21. The highest BCUT2D eigenvalue weighted by molar-refractivity contribution is 7.92. The third-order valence-corrected chi connectivity index (χ3v) is 5.85. The summed E-state index contributed by atoms with van der Waals surface area (Å²) in [5.41, 5.74) is 0.506. The van der Waals surface area contributed by atoms with E-state index in [0.29, 0.717) is 12.4 Å². The Hall–Kier alpha value is -3.03. The molecule has 0 radical (unpaired) electrons. The van der Waals surface area contributed by atoms with Crippen molar-refractivity contribution in [1.82, 2.24) is 5.32 Å². The normalized spacial score (nSPS) is 12.1. The van der Waals surface area contributed by atoms with E-state index in [0.717, 1.165) is 0 Å². The van der Waals surface area contributed by atoms with Crippen molar-refractivity contribution in [3.05, 3.63) is 89.4 Å². The lowest BCUT2D eigenvalue weighted by atomic mass is 10.2. The summed E-state index contributed by atoms with van der Waals surface area (Å²) in [4.78, 5) is 12.6. The zero-order valence-corrected chi connectivity index (χ0v) is 17.8. The van der Waals surface area contributed by atoms with Gasteiger partial charge in [-0.25, -0.2) is 8.42 Å². The maximum Gasteiger partial charge on any atom is 0.261 e. The molecule has 0 bridgehead atoms. The minimum atomic E-state index is -3.74. The molecule has 0 unspecified atom stereocenters. The van der Waals surface area contributed by atoms with Crippen molar-refractivity contribution >= 4 is 33.2 Å². The van der Waals surface area contributed by atoms with Crippen molar-refractivity contribution in [3.8, 4) is 5.75 Å². The number of benzene rings is 3. The predicted octanol–water partition coefficient (Wildman–Crippen LogP) is 4.34. The zero-order chi connectivity index (χ0) is 21.6. The molecule has 0 aliphatic rings. The van der Waals surface area contributed by atoms with E-state index >= 15 is 0 Å². The van der Waals surface area contributed by atoms with Crippen molar-refractivity contribution in [3.63, 3.8) is 0 Å². The standard InChI is InChI=1S/C22H21ClN2O4S/c1-16(15-29-18-8-4-2-5-9-18)24-22(26)20-13-12-17(14-21(20)23)25-30(27,28)19-10-6-3-7-11-19/h2-14,16,25H,15H2,1H3,(H,24,26)/t16-/m0/s1. The molecule has 8 heteroatoms. The van der Waals surface area contributed by atoms with Gasteiger partial charge in [0.25, 0.3) is 15.9 Å². The molecule has 0 aliphatic carbocycles. The number of carbonyl (C=O) groups is 1. The molecule has 156 valence electrons. The molecule has 1 amide bonds. The molecule has 0 aromatic heterocycles. The van der Waals surface area contributed by atoms with Gasteiger partial charge in [0.1, 0.15) is 12.4 Å². The molecular weight excluding hydrogens is 424 g/mol. The van der Waals surface area contributed by atoms with Crippen LogP contribution in [0.3, 0.4) is 0 Å². The highest BCUT2D eigenvalue weighted by Gasteiger charge is 2.17. The average molecular weight is 445 g/mol. The van der Waals surface area contributed by atoms with Gasteiger partial charge in [-0.05, 0) is 49.4 Å². The van der Waals surface area contributed by atoms with Crippen LogP contribution in [0.25, 0.3) is 0 Å². The van der Waals surface area contributed by atoms with Crippen molar-refractivity contribution < 1.29 is 17.9 Å². The van der Waals surface area contributed by atoms with Gasteiger partial charge in [0.05, 0.1) is 27.2 Å². The molecule has 3 aromatic rings. The van der Waals surface area contributed by atoms with Gasteiger partial charge in [-0.2, -0.15) is 0 Å². The third-order valence-electron chi connectivity index (χ3n) is 4.14. The van der Waals surface area contributed by atoms with Crippen molar-refractivity contribution in [2.45, 2.75) is 17.9 Å². The van der Waals surface area contributed by atoms with Gasteiger partial charge in [0.2, 0.25) is 0 Å². The summed E-state index contributed by atoms with van der Waals surface area (Å²) in [6.07, 6.45) is 0. The fourth-order valence-corrected chi connectivity index (χ4v) is 3.99. The van der Waals surface area contributed by atoms with E-state index in [9.17, 15) is 13.2 Å². The lowest BCUT2D eigenvalue weighted by Crippen LogP contribution is -2.36. The van der Waals surface area contributed by atoms with E-state index in [1.807, 2.05) is 37.3 Å². The molecule has 0 saturated heterocycles. The van der Waals surface area contributed by atoms with Gasteiger partial charge < -0.3 is 10.1 Å². The molecule has 0 spiro atoms. The minimum Gasteiger partial charge on any atom is -0.491 e. The molecule has 0 aliphatic heterocycles. The number of ether oxygens (including phenoxy) is 1. The van der Waals surface area contributed by atoms with Crippen molar-refractivity contribution in [2.24, 2.45) is 0 Å². The van der Waals surface area contributed by atoms with Crippen LogP contribution >= 0.6 is 11.6 Å². The SMILES string of the molecule is C[C@@H](COc1ccccc1)NC(=O)c1ccc(NS(=O)(=O)c2ccccc2)cc1Cl. The number of nitrogens with one attached hydrogen (secondary N) is 2. The van der Waals surface area contributed by atoms with E-state index in [4.69, 9.17) is 16.3 Å². The summed E-state index contributed by atoms with van der Waals surface area (Å²) in [6, 6.07) is 21.4. The van der Waals surface area contributed by atoms with E-state index in [2.05, 4.69) is 10.0 Å². The van der Waals surface area contributed by atoms with Crippen LogP contribution in [0.15, 0.2) is 83.8 Å². The molecule has 6 nitrogen and oxygen atoms in total. The Morgan fingerprint density at radius 3 is 2.27 bits per heavy atom. The summed E-state index contributed by atoms with van der Waals surface area (Å²) < 4.78 is 32.9. The molecular formula is C22H21ClN2O4S. The van der Waals surface area contributed by atoms with Crippen LogP contribution in [0.2, 0.25) is 5.02 Å². The second-order valence-corrected chi connectivity index (χ2v) is 8.70. The lowest BCUT2D eigenvalue weighted by molar-refractivity contribution is 0.0927. The summed E-state index contributed by atoms with van der Waals surface area (Å²) in [5.74, 6) is 0.341. The van der Waals surface area contributed by atoms with Gasteiger partial charge in [-0.1, -0.05) is 48.0 Å². The van der Waals surface area contributed by atoms with Crippen molar-refractivity contribution in [2.75, 3.05) is 11.3 Å². The summed E-state index contributed by atoms with van der Waals surface area (Å²) in [5, 5.41) is 2.95. The summed E-state index contributed by atoms with van der Waals surface area (Å²) in [6.45, 7) is 2.11. The van der Waals surface area contributed by atoms with Crippen LogP contribution < -0.4 is 14.8 Å². The number of hydrogen-bond donors (Lipinski definition) is 2. The van der Waals surface area contributed by atoms with Crippen LogP contribution in [0.1, 0.15) is 17.3 Å². The highest BCUT2D eigenvalue weighted by Crippen LogP contribution is 2.23. The lowest BCUT2D eigenvalue weighted by Gasteiger charge is -2.16. The van der Waals surface area contributed by atoms with Gasteiger partial charge in [0.15, 0.2) is 0 Å². The predicted molar refractivity (Wildman–Crippen MR) is 118 cm³/mol. The highest BCUT2D eigenvalue weighted by atomic mass is 35.5. The number of para-hydroxylation sites is 1. The molecule has 0 saturated carbocycles. The Morgan fingerprint density at radius 1 is 1.00 bits per heavy atom. The van der Waals surface area contributed by atoms with Gasteiger partial charge in [-0.15, -0.1) is 0 Å². The number of amides is 1. The first-order chi connectivity index (χ1) is 14.3. The molecule has 0 fully saturated rings. The fraction of sp³-hybridized carbons (Fsp3) is 0.136. The van der Waals surface area contributed by atoms with Crippen LogP contribution in [0.4, 0.5) is 5.69 Å². The monoisotopic (exact) mass is 444 g/mol. The number of hydrogen-bond acceptors (Lipinski definition) is 4. The number of carbonyl (C=O) groups excluding carboxylic acids is 1. The van der Waals surface area contributed by atoms with Crippen LogP contribution in [-0.2, 0) is 10.0 Å². The second-order valence-electron chi connectivity index (χ2n) is 6.61. The van der Waals surface area contributed by atoms with Crippen LogP contribution in [-0.4, -0.2) is 27.0 Å². The van der Waals surface area contributed by atoms with Gasteiger partial charge in [0, 0.05) is 0 Å². The quantitative estimate of drug-likeness (QED) is 0.541. The first kappa shape index (κ1) is 21.7. The van der Waals surface area contributed by atoms with E-state index in [-0.39, 0.29) is 33.1 Å². The second kappa shape index (κ2) is 9.65. The van der Waals surface area contributed by atoms with Crippen LogP contribution in [0, 0.1) is 0 Å². The Bertz CT molecular complexity index is 1110. The Kier molecular flexibility index (Phi) is 6.97. The number of sulfonamides is 1. The molecule has 2 N–H and O–H groups in total. The van der Waals surface area contributed by atoms with Gasteiger partial charge in [-0.3, -0.25) is 9.52 Å². The van der Waals surface area contributed by atoms with E-state index < -0.39 is 10.0 Å². The number of rotatable bonds is 8. The molecule has 3 aromatic carbocycles. The molecule has 3 rings (SSSR count). The summed E-state index contributed by atoms with van der Waals surface area (Å²) >= 11 is 6.23. The fourth-order valence-electron chi connectivity index (χ4n) is 2.66. The molecule has 1 atom stereocenters. The Labute approximate surface area is 180 Å². The van der Waals surface area contributed by atoms with Crippen molar-refractivity contribution in [1.29, 1.82) is 0 Å². The first-order valence-corrected chi connectivity index (χ1v) is 11.1. The van der Waals surface area contributed by atoms with E-state index in [1.54, 1.807) is 18.2 Å². The minimum absolute atomic E-state index is 0.134. The Balaban J connectivity index is 1.62. The largest absolute Gasteiger partial charge is 0.491 e. The molecule has 30 heavy (non-hydrogen) atoms. The topological polar surface area (TPSA) is 84.5 Å². The van der Waals surface area contributed by atoms with Gasteiger partial charge >= 0.3 is 0 Å². The zero-order valence-electron chi connectivity index (χ0n) is 16.2.